The molecule has 0 aliphatic heterocycles. The third kappa shape index (κ3) is 5.41. The van der Waals surface area contributed by atoms with Crippen LogP contribution in [-0.2, 0) is 5.41 Å². The van der Waals surface area contributed by atoms with Crippen LogP contribution in [0.2, 0.25) is 0 Å². The first-order valence-electron chi connectivity index (χ1n) is 17.7. The Labute approximate surface area is 299 Å². The van der Waals surface area contributed by atoms with Crippen molar-refractivity contribution in [3.05, 3.63) is 181 Å². The minimum Gasteiger partial charge on any atom is -0.292 e. The highest BCUT2D eigenvalue weighted by atomic mass is 15.1. The van der Waals surface area contributed by atoms with Crippen molar-refractivity contribution in [2.45, 2.75) is 26.2 Å². The average Bonchev–Trinajstić information content (AvgIpc) is 3.57. The predicted octanol–water partition coefficient (Wildman–Crippen LogP) is 13.3. The fourth-order valence-electron chi connectivity index (χ4n) is 7.58. The summed E-state index contributed by atoms with van der Waals surface area (Å²) < 4.78 is 2.27. The van der Waals surface area contributed by atoms with E-state index >= 15 is 0 Å². The van der Waals surface area contributed by atoms with Crippen LogP contribution in [0.1, 0.15) is 26.3 Å². The number of imidazole rings is 1. The van der Waals surface area contributed by atoms with E-state index < -0.39 is 0 Å². The number of hydrogen-bond acceptors (Lipinski definition) is 1. The van der Waals surface area contributed by atoms with Crippen LogP contribution >= 0.6 is 0 Å². The Kier molecular flexibility index (Phi) is 7.40. The highest BCUT2D eigenvalue weighted by Crippen LogP contribution is 2.46. The second-order valence-corrected chi connectivity index (χ2v) is 14.4. The van der Waals surface area contributed by atoms with Gasteiger partial charge in [-0.2, -0.15) is 0 Å². The first kappa shape index (κ1) is 30.8. The molecule has 2 heteroatoms. The van der Waals surface area contributed by atoms with Crippen molar-refractivity contribution >= 4 is 32.6 Å². The third-order valence-electron chi connectivity index (χ3n) is 10.2. The van der Waals surface area contributed by atoms with Gasteiger partial charge in [-0.05, 0) is 102 Å². The summed E-state index contributed by atoms with van der Waals surface area (Å²) >= 11 is 0. The molecule has 244 valence electrons. The molecule has 1 aromatic heterocycles. The lowest BCUT2D eigenvalue weighted by molar-refractivity contribution is 0.591. The van der Waals surface area contributed by atoms with Crippen LogP contribution in [0, 0.1) is 0 Å². The molecule has 8 aromatic carbocycles. The topological polar surface area (TPSA) is 17.8 Å². The van der Waals surface area contributed by atoms with E-state index in [-0.39, 0.29) is 5.41 Å². The van der Waals surface area contributed by atoms with Crippen molar-refractivity contribution in [2.24, 2.45) is 0 Å². The van der Waals surface area contributed by atoms with Gasteiger partial charge in [0.05, 0.1) is 11.0 Å². The van der Waals surface area contributed by atoms with E-state index in [0.29, 0.717) is 0 Å². The van der Waals surface area contributed by atoms with Crippen molar-refractivity contribution in [3.8, 4) is 50.5 Å². The Morgan fingerprint density at radius 3 is 1.53 bits per heavy atom. The Balaban J connectivity index is 1.26. The van der Waals surface area contributed by atoms with Crippen molar-refractivity contribution in [1.82, 2.24) is 9.55 Å². The Morgan fingerprint density at radius 2 is 0.922 bits per heavy atom. The first-order valence-corrected chi connectivity index (χ1v) is 17.7. The van der Waals surface area contributed by atoms with Gasteiger partial charge >= 0.3 is 0 Å². The Hall–Kier alpha value is -6.25. The zero-order chi connectivity index (χ0) is 34.5. The average molecular weight is 655 g/mol. The van der Waals surface area contributed by atoms with E-state index in [9.17, 15) is 0 Å². The van der Waals surface area contributed by atoms with Crippen LogP contribution in [0.15, 0.2) is 176 Å². The maximum Gasteiger partial charge on any atom is 0.145 e. The van der Waals surface area contributed by atoms with Crippen LogP contribution in [0.3, 0.4) is 0 Å². The monoisotopic (exact) mass is 654 g/mol. The first-order chi connectivity index (χ1) is 24.9. The molecule has 0 aliphatic carbocycles. The number of hydrogen-bond donors (Lipinski definition) is 0. The standard InChI is InChI=1S/C49H38N2/c1-49(2,3)38-26-30-41-43(32-38)47(35-17-9-5-10-18-35)40-29-25-37(31-42(40)46(41)34-15-7-4-8-16-34)33-23-27-39(28-24-33)51-45-22-14-13-21-44(45)50-48(51)36-19-11-6-12-20-36/h4-32H,1-3H3. The molecule has 0 aliphatic rings. The van der Waals surface area contributed by atoms with Gasteiger partial charge in [-0.25, -0.2) is 4.98 Å². The quantitative estimate of drug-likeness (QED) is 0.169. The third-order valence-corrected chi connectivity index (χ3v) is 10.2. The van der Waals surface area contributed by atoms with Crippen molar-refractivity contribution in [2.75, 3.05) is 0 Å². The van der Waals surface area contributed by atoms with Gasteiger partial charge in [0, 0.05) is 11.3 Å². The van der Waals surface area contributed by atoms with Crippen LogP contribution in [-0.4, -0.2) is 9.55 Å². The summed E-state index contributed by atoms with van der Waals surface area (Å²) in [5.74, 6) is 0.942. The van der Waals surface area contributed by atoms with Gasteiger partial charge in [0.1, 0.15) is 5.82 Å². The van der Waals surface area contributed by atoms with Gasteiger partial charge < -0.3 is 0 Å². The molecule has 51 heavy (non-hydrogen) atoms. The Bertz CT molecular complexity index is 2680. The zero-order valence-electron chi connectivity index (χ0n) is 29.1. The number of benzene rings is 8. The molecule has 0 N–H and O–H groups in total. The largest absolute Gasteiger partial charge is 0.292 e. The molecule has 0 saturated carbocycles. The van der Waals surface area contributed by atoms with Gasteiger partial charge in [0.15, 0.2) is 0 Å². The number of rotatable bonds is 5. The molecule has 0 bridgehead atoms. The second kappa shape index (κ2) is 12.3. The predicted molar refractivity (Wildman–Crippen MR) is 217 cm³/mol. The van der Waals surface area contributed by atoms with Gasteiger partial charge in [-0.15, -0.1) is 0 Å². The van der Waals surface area contributed by atoms with Gasteiger partial charge in [-0.1, -0.05) is 160 Å². The SMILES string of the molecule is CC(C)(C)c1ccc2c(-c3ccccc3)c3cc(-c4ccc(-n5c(-c6ccccc6)nc6ccccc65)cc4)ccc3c(-c3ccccc3)c2c1. The van der Waals surface area contributed by atoms with Crippen LogP contribution in [0.25, 0.3) is 83.0 Å². The molecule has 2 nitrogen and oxygen atoms in total. The summed E-state index contributed by atoms with van der Waals surface area (Å²) in [7, 11) is 0. The maximum atomic E-state index is 5.05. The number of aromatic nitrogens is 2. The molecule has 0 radical (unpaired) electrons. The number of nitrogens with zero attached hydrogens (tertiary/aromatic N) is 2. The Morgan fingerprint density at radius 1 is 0.412 bits per heavy atom. The van der Waals surface area contributed by atoms with E-state index in [1.165, 1.54) is 60.5 Å². The molecule has 0 amide bonds. The lowest BCUT2D eigenvalue weighted by Crippen LogP contribution is -2.10. The van der Waals surface area contributed by atoms with Crippen molar-refractivity contribution < 1.29 is 0 Å². The van der Waals surface area contributed by atoms with Gasteiger partial charge in [0.25, 0.3) is 0 Å². The molecule has 9 aromatic rings. The lowest BCUT2D eigenvalue weighted by atomic mass is 9.81. The highest BCUT2D eigenvalue weighted by Gasteiger charge is 2.21. The summed E-state index contributed by atoms with van der Waals surface area (Å²) in [6.45, 7) is 6.89. The second-order valence-electron chi connectivity index (χ2n) is 14.4. The molecule has 0 atom stereocenters. The molecule has 9 rings (SSSR count). The summed E-state index contributed by atoms with van der Waals surface area (Å²) in [5.41, 5.74) is 13.0. The minimum absolute atomic E-state index is 0.0326. The summed E-state index contributed by atoms with van der Waals surface area (Å²) in [4.78, 5) is 5.05. The molecule has 1 heterocycles. The van der Waals surface area contributed by atoms with Crippen molar-refractivity contribution in [3.63, 3.8) is 0 Å². The molecule has 0 saturated heterocycles. The van der Waals surface area contributed by atoms with E-state index in [1.807, 2.05) is 6.07 Å². The highest BCUT2D eigenvalue weighted by molar-refractivity contribution is 6.22. The number of para-hydroxylation sites is 2. The maximum absolute atomic E-state index is 5.05. The van der Waals surface area contributed by atoms with E-state index in [0.717, 1.165) is 28.1 Å². The van der Waals surface area contributed by atoms with Crippen LogP contribution in [0.4, 0.5) is 0 Å². The normalized spacial score (nSPS) is 11.8. The summed E-state index contributed by atoms with van der Waals surface area (Å²) in [6.07, 6.45) is 0. The summed E-state index contributed by atoms with van der Waals surface area (Å²) in [5, 5.41) is 5.08. The van der Waals surface area contributed by atoms with Gasteiger partial charge in [0.2, 0.25) is 0 Å². The van der Waals surface area contributed by atoms with E-state index in [1.54, 1.807) is 0 Å². The fourth-order valence-corrected chi connectivity index (χ4v) is 7.58. The van der Waals surface area contributed by atoms with Crippen LogP contribution in [0.5, 0.6) is 0 Å². The smallest absolute Gasteiger partial charge is 0.145 e. The fraction of sp³-hybridized carbons (Fsp3) is 0.0816. The molecule has 0 fully saturated rings. The zero-order valence-corrected chi connectivity index (χ0v) is 29.1. The van der Waals surface area contributed by atoms with E-state index in [2.05, 4.69) is 195 Å². The molecule has 0 unspecified atom stereocenters. The minimum atomic E-state index is 0.0326. The van der Waals surface area contributed by atoms with Gasteiger partial charge in [-0.3, -0.25) is 4.57 Å². The molecular formula is C49H38N2. The van der Waals surface area contributed by atoms with E-state index in [4.69, 9.17) is 4.98 Å². The number of fused-ring (bicyclic) bond motifs is 3. The molecule has 0 spiro atoms. The lowest BCUT2D eigenvalue weighted by Gasteiger charge is -2.23. The molecular weight excluding hydrogens is 617 g/mol. The summed E-state index contributed by atoms with van der Waals surface area (Å²) in [6, 6.07) is 63.7. The van der Waals surface area contributed by atoms with Crippen LogP contribution < -0.4 is 0 Å². The van der Waals surface area contributed by atoms with Crippen molar-refractivity contribution in [1.29, 1.82) is 0 Å².